The summed E-state index contributed by atoms with van der Waals surface area (Å²) in [5.41, 5.74) is 2.71. The van der Waals surface area contributed by atoms with Gasteiger partial charge in [0, 0.05) is 17.9 Å². The van der Waals surface area contributed by atoms with E-state index in [9.17, 15) is 9.90 Å². The Bertz CT molecular complexity index is 843. The smallest absolute Gasteiger partial charge is 0.203 e. The Morgan fingerprint density at radius 2 is 1.61 bits per heavy atom. The second kappa shape index (κ2) is 9.35. The maximum atomic E-state index is 11.6. The molecule has 1 N–H and O–H groups in total. The van der Waals surface area contributed by atoms with Crippen molar-refractivity contribution in [3.8, 4) is 28.7 Å². The quantitative estimate of drug-likeness (QED) is 0.697. The Labute approximate surface area is 166 Å². The van der Waals surface area contributed by atoms with E-state index in [1.54, 1.807) is 40.4 Å². The monoisotopic (exact) mass is 388 g/mol. The highest BCUT2D eigenvalue weighted by Crippen LogP contribution is 2.47. The first kappa shape index (κ1) is 21.4. The minimum absolute atomic E-state index is 0.0663. The number of hydrogen-bond donors (Lipinski definition) is 1. The number of rotatable bonds is 9. The van der Waals surface area contributed by atoms with Gasteiger partial charge in [-0.2, -0.15) is 0 Å². The molecule has 0 aliphatic heterocycles. The van der Waals surface area contributed by atoms with E-state index in [0.717, 1.165) is 16.7 Å². The number of hydrogen-bond acceptors (Lipinski definition) is 6. The van der Waals surface area contributed by atoms with Crippen LogP contribution in [0.15, 0.2) is 24.3 Å². The molecule has 0 bridgehead atoms. The fraction of sp³-hybridized carbons (Fsp3) is 0.409. The predicted octanol–water partition coefficient (Wildman–Crippen LogP) is 4.10. The summed E-state index contributed by atoms with van der Waals surface area (Å²) in [5.74, 6) is 2.05. The maximum Gasteiger partial charge on any atom is 0.203 e. The van der Waals surface area contributed by atoms with Crippen LogP contribution in [0.2, 0.25) is 0 Å². The molecule has 0 saturated heterocycles. The van der Waals surface area contributed by atoms with Gasteiger partial charge in [-0.3, -0.25) is 0 Å². The summed E-state index contributed by atoms with van der Waals surface area (Å²) in [7, 11) is 6.21. The Morgan fingerprint density at radius 1 is 0.964 bits per heavy atom. The lowest BCUT2D eigenvalue weighted by atomic mass is 9.86. The molecule has 0 fully saturated rings. The molecule has 1 atom stereocenters. The number of benzene rings is 2. The Kier molecular flexibility index (Phi) is 7.15. The highest BCUT2D eigenvalue weighted by atomic mass is 16.5. The van der Waals surface area contributed by atoms with Crippen molar-refractivity contribution in [2.75, 3.05) is 28.4 Å². The molecule has 2 aromatic carbocycles. The molecule has 0 aliphatic carbocycles. The van der Waals surface area contributed by atoms with Gasteiger partial charge in [0.1, 0.15) is 5.78 Å². The van der Waals surface area contributed by atoms with Crippen molar-refractivity contribution in [1.29, 1.82) is 0 Å². The number of Topliss-reactive ketones (excluding diaryl/α,β-unsaturated/α-hetero) is 1. The van der Waals surface area contributed by atoms with Gasteiger partial charge < -0.3 is 28.8 Å². The lowest BCUT2D eigenvalue weighted by Crippen LogP contribution is -2.08. The molecule has 0 aliphatic rings. The summed E-state index contributed by atoms with van der Waals surface area (Å²) >= 11 is 0. The summed E-state index contributed by atoms with van der Waals surface area (Å²) in [4.78, 5) is 11.6. The molecule has 2 aromatic rings. The highest BCUT2D eigenvalue weighted by molar-refractivity contribution is 5.76. The average Bonchev–Trinajstić information content (AvgIpc) is 2.69. The van der Waals surface area contributed by atoms with E-state index in [-0.39, 0.29) is 17.5 Å². The molecule has 0 saturated carbocycles. The van der Waals surface area contributed by atoms with Crippen LogP contribution >= 0.6 is 0 Å². The molecule has 6 nitrogen and oxygen atoms in total. The van der Waals surface area contributed by atoms with E-state index in [1.807, 2.05) is 19.1 Å². The molecule has 1 unspecified atom stereocenters. The van der Waals surface area contributed by atoms with Crippen LogP contribution in [0.4, 0.5) is 0 Å². The van der Waals surface area contributed by atoms with E-state index in [1.165, 1.54) is 7.11 Å². The van der Waals surface area contributed by atoms with E-state index in [4.69, 9.17) is 18.9 Å². The molecule has 0 radical (unpaired) electrons. The van der Waals surface area contributed by atoms with E-state index in [2.05, 4.69) is 0 Å². The van der Waals surface area contributed by atoms with Crippen LogP contribution in [0, 0.1) is 0 Å². The zero-order valence-corrected chi connectivity index (χ0v) is 17.3. The standard InChI is InChI=1S/C22H28O6/c1-13(23)7-8-16-12-19(26-4)21(27-5)22(28-6)20(16)14(2)15-9-10-18(25-3)17(24)11-15/h9-12,14,24H,7-8H2,1-6H3. The van der Waals surface area contributed by atoms with Gasteiger partial charge in [0.2, 0.25) is 5.75 Å². The normalized spacial score (nSPS) is 11.6. The van der Waals surface area contributed by atoms with Gasteiger partial charge in [-0.25, -0.2) is 0 Å². The van der Waals surface area contributed by atoms with Crippen LogP contribution in [-0.2, 0) is 11.2 Å². The zero-order chi connectivity index (χ0) is 20.8. The van der Waals surface area contributed by atoms with Crippen LogP contribution < -0.4 is 18.9 Å². The average molecular weight is 388 g/mol. The number of carbonyl (C=O) groups is 1. The molecule has 28 heavy (non-hydrogen) atoms. The van der Waals surface area contributed by atoms with Gasteiger partial charge in [0.15, 0.2) is 23.0 Å². The topological polar surface area (TPSA) is 74.2 Å². The number of aryl methyl sites for hydroxylation is 1. The van der Waals surface area contributed by atoms with E-state index in [0.29, 0.717) is 35.8 Å². The van der Waals surface area contributed by atoms with E-state index >= 15 is 0 Å². The number of aromatic hydroxyl groups is 1. The number of ether oxygens (including phenoxy) is 4. The molecule has 2 rings (SSSR count). The van der Waals surface area contributed by atoms with Crippen LogP contribution in [0.25, 0.3) is 0 Å². The van der Waals surface area contributed by atoms with Crippen molar-refractivity contribution < 1.29 is 28.8 Å². The second-order valence-electron chi connectivity index (χ2n) is 6.57. The van der Waals surface area contributed by atoms with Gasteiger partial charge in [0.05, 0.1) is 28.4 Å². The number of carbonyl (C=O) groups excluding carboxylic acids is 1. The first-order valence-corrected chi connectivity index (χ1v) is 9.05. The lowest BCUT2D eigenvalue weighted by molar-refractivity contribution is -0.116. The Morgan fingerprint density at radius 3 is 2.11 bits per heavy atom. The minimum atomic E-state index is -0.131. The molecule has 0 spiro atoms. The molecule has 0 amide bonds. The van der Waals surface area contributed by atoms with Gasteiger partial charge in [-0.1, -0.05) is 13.0 Å². The summed E-state index contributed by atoms with van der Waals surface area (Å²) in [6, 6.07) is 7.19. The summed E-state index contributed by atoms with van der Waals surface area (Å²) in [5, 5.41) is 10.2. The summed E-state index contributed by atoms with van der Waals surface area (Å²) in [6.45, 7) is 3.59. The first-order chi connectivity index (χ1) is 13.4. The number of ketones is 1. The van der Waals surface area contributed by atoms with Gasteiger partial charge in [-0.15, -0.1) is 0 Å². The van der Waals surface area contributed by atoms with Crippen LogP contribution in [0.5, 0.6) is 28.7 Å². The van der Waals surface area contributed by atoms with Crippen LogP contribution in [-0.4, -0.2) is 39.3 Å². The van der Waals surface area contributed by atoms with Crippen molar-refractivity contribution in [3.05, 3.63) is 41.0 Å². The summed E-state index contributed by atoms with van der Waals surface area (Å²) in [6.07, 6.45) is 0.958. The van der Waals surface area contributed by atoms with E-state index < -0.39 is 0 Å². The highest BCUT2D eigenvalue weighted by Gasteiger charge is 2.25. The lowest BCUT2D eigenvalue weighted by Gasteiger charge is -2.24. The third-order valence-corrected chi connectivity index (χ3v) is 4.84. The van der Waals surface area contributed by atoms with Gasteiger partial charge >= 0.3 is 0 Å². The third kappa shape index (κ3) is 4.32. The van der Waals surface area contributed by atoms with Gasteiger partial charge in [0.25, 0.3) is 0 Å². The molecule has 0 aromatic heterocycles. The van der Waals surface area contributed by atoms with Crippen molar-refractivity contribution in [2.45, 2.75) is 32.6 Å². The van der Waals surface area contributed by atoms with Crippen molar-refractivity contribution >= 4 is 5.78 Å². The second-order valence-corrected chi connectivity index (χ2v) is 6.57. The van der Waals surface area contributed by atoms with Crippen molar-refractivity contribution in [2.24, 2.45) is 0 Å². The molecular formula is C22H28O6. The Balaban J connectivity index is 2.66. The maximum absolute atomic E-state index is 11.6. The molecule has 152 valence electrons. The SMILES string of the molecule is COc1ccc(C(C)c2c(CCC(C)=O)cc(OC)c(OC)c2OC)cc1O. The largest absolute Gasteiger partial charge is 0.504 e. The number of phenols is 1. The summed E-state index contributed by atoms with van der Waals surface area (Å²) < 4.78 is 21.8. The van der Waals surface area contributed by atoms with Crippen molar-refractivity contribution in [3.63, 3.8) is 0 Å². The molecular weight excluding hydrogens is 360 g/mol. The van der Waals surface area contributed by atoms with Gasteiger partial charge in [-0.05, 0) is 42.7 Å². The zero-order valence-electron chi connectivity index (χ0n) is 17.3. The Hall–Kier alpha value is -2.89. The van der Waals surface area contributed by atoms with Crippen molar-refractivity contribution in [1.82, 2.24) is 0 Å². The first-order valence-electron chi connectivity index (χ1n) is 9.05. The fourth-order valence-electron chi connectivity index (χ4n) is 3.36. The predicted molar refractivity (Wildman–Crippen MR) is 107 cm³/mol. The van der Waals surface area contributed by atoms with Crippen LogP contribution in [0.1, 0.15) is 42.9 Å². The molecule has 0 heterocycles. The fourth-order valence-corrected chi connectivity index (χ4v) is 3.36. The van der Waals surface area contributed by atoms with Crippen LogP contribution in [0.3, 0.4) is 0 Å². The number of phenolic OH excluding ortho intramolecular Hbond substituents is 1. The third-order valence-electron chi connectivity index (χ3n) is 4.84. The minimum Gasteiger partial charge on any atom is -0.504 e. The molecule has 6 heteroatoms. The number of methoxy groups -OCH3 is 4.